The Morgan fingerprint density at radius 2 is 2.04 bits per heavy atom. The van der Waals surface area contributed by atoms with Crippen LogP contribution in [0.2, 0.25) is 0 Å². The molecule has 2 aliphatic heterocycles. The van der Waals surface area contributed by atoms with Crippen molar-refractivity contribution in [3.8, 4) is 0 Å². The Morgan fingerprint density at radius 3 is 2.67 bits per heavy atom. The Morgan fingerprint density at radius 1 is 1.25 bits per heavy atom. The van der Waals surface area contributed by atoms with Gasteiger partial charge in [0.1, 0.15) is 0 Å². The highest BCUT2D eigenvalue weighted by Gasteiger charge is 2.42. The Balaban J connectivity index is 1.44. The lowest BCUT2D eigenvalue weighted by Gasteiger charge is -2.41. The minimum atomic E-state index is -0.169. The molecule has 0 saturated carbocycles. The summed E-state index contributed by atoms with van der Waals surface area (Å²) in [4.78, 5) is 14.8. The Bertz CT molecular complexity index is 759. The zero-order valence-electron chi connectivity index (χ0n) is 14.3. The first-order chi connectivity index (χ1) is 11.5. The molecule has 2 aromatic rings. The molecular weight excluding hydrogens is 306 g/mol. The normalized spacial score (nSPS) is 24.4. The molecule has 1 amide bonds. The molecule has 4 heterocycles. The number of hydrogen-bond acceptors (Lipinski definition) is 4. The zero-order chi connectivity index (χ0) is 16.8. The van der Waals surface area contributed by atoms with E-state index in [-0.39, 0.29) is 17.9 Å². The maximum absolute atomic E-state index is 12.9. The van der Waals surface area contributed by atoms with Crippen LogP contribution in [-0.4, -0.2) is 50.1 Å². The van der Waals surface area contributed by atoms with Crippen molar-refractivity contribution >= 4 is 5.91 Å². The van der Waals surface area contributed by atoms with Crippen LogP contribution >= 0.6 is 0 Å². The second-order valence-corrected chi connectivity index (χ2v) is 6.89. The number of rotatable bonds is 3. The summed E-state index contributed by atoms with van der Waals surface area (Å²) in [5, 5.41) is 8.64. The first-order valence-electron chi connectivity index (χ1n) is 8.44. The van der Waals surface area contributed by atoms with Crippen molar-refractivity contribution in [2.24, 2.45) is 13.0 Å². The van der Waals surface area contributed by atoms with Crippen molar-refractivity contribution < 1.29 is 9.53 Å². The second-order valence-electron chi connectivity index (χ2n) is 6.89. The molecule has 4 rings (SSSR count). The highest BCUT2D eigenvalue weighted by atomic mass is 16.5. The molecular formula is C17H23N5O2. The molecule has 0 N–H and O–H groups in total. The number of carbonyl (C=O) groups excluding carboxylic acids is 1. The molecule has 2 fully saturated rings. The smallest absolute Gasteiger partial charge is 0.228 e. The van der Waals surface area contributed by atoms with Gasteiger partial charge in [-0.3, -0.25) is 14.2 Å². The van der Waals surface area contributed by atoms with Gasteiger partial charge in [0.2, 0.25) is 5.91 Å². The minimum absolute atomic E-state index is 0.104. The second kappa shape index (κ2) is 5.73. The third-order valence-electron chi connectivity index (χ3n) is 5.27. The third kappa shape index (κ3) is 2.43. The maximum Gasteiger partial charge on any atom is 0.228 e. The van der Waals surface area contributed by atoms with E-state index in [0.717, 1.165) is 36.3 Å². The average Bonchev–Trinajstić information content (AvgIpc) is 3.20. The lowest BCUT2D eigenvalue weighted by atomic mass is 9.92. The van der Waals surface area contributed by atoms with Crippen molar-refractivity contribution in [2.75, 3.05) is 19.7 Å². The standard InChI is InChI=1S/C17H23N5O2/c1-11-6-19-22(8-11)13-9-21(10-13)17(23)14-4-5-24-16(14)15-7-18-20(3)12(15)2/h6-8,13-14,16H,4-5,9-10H2,1-3H3/t14-,16-/m0/s1. The first kappa shape index (κ1) is 15.4. The molecule has 0 unspecified atom stereocenters. The number of likely N-dealkylation sites (tertiary alicyclic amines) is 1. The summed E-state index contributed by atoms with van der Waals surface area (Å²) < 4.78 is 9.68. The zero-order valence-corrected chi connectivity index (χ0v) is 14.3. The fourth-order valence-electron chi connectivity index (χ4n) is 3.61. The molecule has 0 aromatic carbocycles. The summed E-state index contributed by atoms with van der Waals surface area (Å²) in [5.74, 6) is 0.0917. The Hall–Kier alpha value is -2.15. The van der Waals surface area contributed by atoms with E-state index in [9.17, 15) is 4.79 Å². The summed E-state index contributed by atoms with van der Waals surface area (Å²) >= 11 is 0. The average molecular weight is 329 g/mol. The van der Waals surface area contributed by atoms with Gasteiger partial charge >= 0.3 is 0 Å². The van der Waals surface area contributed by atoms with Gasteiger partial charge in [-0.05, 0) is 25.8 Å². The molecule has 2 atom stereocenters. The summed E-state index contributed by atoms with van der Waals surface area (Å²) in [6, 6.07) is 0.295. The highest BCUT2D eigenvalue weighted by molar-refractivity contribution is 5.80. The van der Waals surface area contributed by atoms with E-state index in [2.05, 4.69) is 10.2 Å². The first-order valence-corrected chi connectivity index (χ1v) is 8.44. The van der Waals surface area contributed by atoms with Crippen LogP contribution in [0.15, 0.2) is 18.6 Å². The van der Waals surface area contributed by atoms with Crippen molar-refractivity contribution in [1.29, 1.82) is 0 Å². The van der Waals surface area contributed by atoms with Gasteiger partial charge < -0.3 is 9.64 Å². The predicted molar refractivity (Wildman–Crippen MR) is 87.3 cm³/mol. The van der Waals surface area contributed by atoms with Crippen LogP contribution in [0.1, 0.15) is 35.4 Å². The minimum Gasteiger partial charge on any atom is -0.373 e. The Kier molecular flexibility index (Phi) is 3.68. The van der Waals surface area contributed by atoms with E-state index in [0.29, 0.717) is 12.6 Å². The topological polar surface area (TPSA) is 65.2 Å². The van der Waals surface area contributed by atoms with Gasteiger partial charge in [-0.15, -0.1) is 0 Å². The van der Waals surface area contributed by atoms with Crippen LogP contribution in [-0.2, 0) is 16.6 Å². The quantitative estimate of drug-likeness (QED) is 0.854. The molecule has 24 heavy (non-hydrogen) atoms. The predicted octanol–water partition coefficient (Wildman–Crippen LogP) is 1.39. The molecule has 2 aromatic heterocycles. The van der Waals surface area contributed by atoms with Crippen LogP contribution < -0.4 is 0 Å². The number of ether oxygens (including phenoxy) is 1. The van der Waals surface area contributed by atoms with Gasteiger partial charge in [0, 0.05) is 44.2 Å². The Labute approximate surface area is 141 Å². The number of aryl methyl sites for hydroxylation is 2. The molecule has 0 radical (unpaired) electrons. The van der Waals surface area contributed by atoms with E-state index in [1.807, 2.05) is 53.7 Å². The molecule has 7 heteroatoms. The van der Waals surface area contributed by atoms with Gasteiger partial charge in [-0.25, -0.2) is 0 Å². The van der Waals surface area contributed by atoms with E-state index in [1.54, 1.807) is 0 Å². The summed E-state index contributed by atoms with van der Waals surface area (Å²) in [6.45, 7) is 6.14. The summed E-state index contributed by atoms with van der Waals surface area (Å²) in [6.07, 6.45) is 6.33. The van der Waals surface area contributed by atoms with E-state index >= 15 is 0 Å². The number of carbonyl (C=O) groups is 1. The van der Waals surface area contributed by atoms with Gasteiger partial charge in [0.15, 0.2) is 0 Å². The number of hydrogen-bond donors (Lipinski definition) is 0. The van der Waals surface area contributed by atoms with E-state index in [1.165, 1.54) is 0 Å². The van der Waals surface area contributed by atoms with Gasteiger partial charge in [0.05, 0.1) is 30.5 Å². The van der Waals surface area contributed by atoms with Crippen LogP contribution in [0.25, 0.3) is 0 Å². The molecule has 128 valence electrons. The molecule has 2 saturated heterocycles. The van der Waals surface area contributed by atoms with Crippen LogP contribution in [0.4, 0.5) is 0 Å². The molecule has 0 bridgehead atoms. The number of amides is 1. The van der Waals surface area contributed by atoms with Gasteiger partial charge in [-0.1, -0.05) is 0 Å². The largest absolute Gasteiger partial charge is 0.373 e. The lowest BCUT2D eigenvalue weighted by Crippen LogP contribution is -2.53. The van der Waals surface area contributed by atoms with Crippen molar-refractivity contribution in [2.45, 2.75) is 32.4 Å². The number of aromatic nitrogens is 4. The fourth-order valence-corrected chi connectivity index (χ4v) is 3.61. The van der Waals surface area contributed by atoms with Gasteiger partial charge in [-0.2, -0.15) is 10.2 Å². The van der Waals surface area contributed by atoms with E-state index < -0.39 is 0 Å². The fraction of sp³-hybridized carbons (Fsp3) is 0.588. The molecule has 0 aliphatic carbocycles. The maximum atomic E-state index is 12.9. The van der Waals surface area contributed by atoms with Crippen LogP contribution in [0.3, 0.4) is 0 Å². The van der Waals surface area contributed by atoms with Gasteiger partial charge in [0.25, 0.3) is 0 Å². The van der Waals surface area contributed by atoms with Crippen molar-refractivity contribution in [1.82, 2.24) is 24.5 Å². The SMILES string of the molecule is Cc1cnn(C2CN(C(=O)[C@H]3CCO[C@@H]3c3cnn(C)c3C)C2)c1. The monoisotopic (exact) mass is 329 g/mol. The van der Waals surface area contributed by atoms with Crippen LogP contribution in [0, 0.1) is 19.8 Å². The third-order valence-corrected chi connectivity index (χ3v) is 5.27. The molecule has 0 spiro atoms. The van der Waals surface area contributed by atoms with Crippen LogP contribution in [0.5, 0.6) is 0 Å². The molecule has 7 nitrogen and oxygen atoms in total. The highest BCUT2D eigenvalue weighted by Crippen LogP contribution is 2.38. The number of nitrogens with zero attached hydrogens (tertiary/aromatic N) is 5. The summed E-state index contributed by atoms with van der Waals surface area (Å²) in [7, 11) is 1.91. The molecule has 2 aliphatic rings. The lowest BCUT2D eigenvalue weighted by molar-refractivity contribution is -0.143. The van der Waals surface area contributed by atoms with Crippen molar-refractivity contribution in [3.05, 3.63) is 35.4 Å². The van der Waals surface area contributed by atoms with E-state index in [4.69, 9.17) is 4.74 Å². The van der Waals surface area contributed by atoms with Crippen molar-refractivity contribution in [3.63, 3.8) is 0 Å². The summed E-state index contributed by atoms with van der Waals surface area (Å²) in [5.41, 5.74) is 3.25.